The Hall–Kier alpha value is -2.71. The molecule has 1 aliphatic heterocycles. The van der Waals surface area contributed by atoms with Crippen molar-refractivity contribution in [1.29, 1.82) is 0 Å². The van der Waals surface area contributed by atoms with Gasteiger partial charge in [0, 0.05) is 12.2 Å². The summed E-state index contributed by atoms with van der Waals surface area (Å²) in [5.41, 5.74) is 4.26. The Morgan fingerprint density at radius 2 is 1.85 bits per heavy atom. The number of para-hydroxylation sites is 1. The van der Waals surface area contributed by atoms with Crippen LogP contribution < -0.4 is 4.90 Å². The lowest BCUT2D eigenvalue weighted by atomic mass is 9.83. The van der Waals surface area contributed by atoms with Crippen LogP contribution in [0.5, 0.6) is 0 Å². The first-order valence-corrected chi connectivity index (χ1v) is 9.89. The van der Waals surface area contributed by atoms with Gasteiger partial charge in [0.15, 0.2) is 0 Å². The molecule has 138 valence electrons. The lowest BCUT2D eigenvalue weighted by Gasteiger charge is -2.30. The van der Waals surface area contributed by atoms with Crippen molar-refractivity contribution in [3.63, 3.8) is 0 Å². The highest BCUT2D eigenvalue weighted by Gasteiger charge is 2.26. The van der Waals surface area contributed by atoms with Gasteiger partial charge in [-0.05, 0) is 60.9 Å². The minimum absolute atomic E-state index is 0.0913. The van der Waals surface area contributed by atoms with Crippen LogP contribution in [0.15, 0.2) is 47.5 Å². The number of aryl methyl sites for hydroxylation is 1. The van der Waals surface area contributed by atoms with Crippen LogP contribution in [-0.4, -0.2) is 18.5 Å². The third kappa shape index (κ3) is 3.58. The number of amides is 1. The van der Waals surface area contributed by atoms with Crippen molar-refractivity contribution >= 4 is 23.4 Å². The number of benzene rings is 2. The van der Waals surface area contributed by atoms with E-state index in [1.54, 1.807) is 6.08 Å². The summed E-state index contributed by atoms with van der Waals surface area (Å²) in [6.45, 7) is 0.685. The van der Waals surface area contributed by atoms with Gasteiger partial charge in [-0.3, -0.25) is 4.79 Å². The number of hydrogen-bond donors (Lipinski definition) is 0. The maximum Gasteiger partial charge on any atom is 0.260 e. The Bertz CT molecular complexity index is 893. The summed E-state index contributed by atoms with van der Waals surface area (Å²) in [7, 11) is 0. The maximum absolute atomic E-state index is 13.3. The molecule has 0 saturated heterocycles. The van der Waals surface area contributed by atoms with E-state index in [2.05, 4.69) is 11.1 Å². The highest BCUT2D eigenvalue weighted by atomic mass is 16.2. The highest BCUT2D eigenvalue weighted by molar-refractivity contribution is 6.10. The Kier molecular flexibility index (Phi) is 5.17. The summed E-state index contributed by atoms with van der Waals surface area (Å²) in [6.07, 6.45) is 9.66. The number of anilines is 1. The van der Waals surface area contributed by atoms with Crippen molar-refractivity contribution in [2.75, 3.05) is 11.4 Å². The SMILES string of the molecule is O=C=Nc1cc(C2CCCCC2)ccc1C(=O)N1CCCc2ccccc21. The Morgan fingerprint density at radius 1 is 1.04 bits per heavy atom. The second-order valence-corrected chi connectivity index (χ2v) is 7.50. The average molecular weight is 360 g/mol. The van der Waals surface area contributed by atoms with E-state index in [0.29, 0.717) is 23.7 Å². The summed E-state index contributed by atoms with van der Waals surface area (Å²) < 4.78 is 0. The van der Waals surface area contributed by atoms with Crippen molar-refractivity contribution in [2.24, 2.45) is 4.99 Å². The van der Waals surface area contributed by atoms with Crippen molar-refractivity contribution in [1.82, 2.24) is 0 Å². The number of isocyanates is 1. The molecule has 0 spiro atoms. The van der Waals surface area contributed by atoms with Crippen molar-refractivity contribution in [3.05, 3.63) is 59.2 Å². The molecule has 0 N–H and O–H groups in total. The Balaban J connectivity index is 1.68. The number of rotatable bonds is 3. The molecule has 4 nitrogen and oxygen atoms in total. The van der Waals surface area contributed by atoms with E-state index in [1.165, 1.54) is 30.4 Å². The molecule has 1 heterocycles. The molecule has 0 radical (unpaired) electrons. The van der Waals surface area contributed by atoms with Crippen LogP contribution in [0.2, 0.25) is 0 Å². The number of aliphatic imine (C=N–C) groups is 1. The zero-order chi connectivity index (χ0) is 18.6. The third-order valence-corrected chi connectivity index (χ3v) is 5.85. The molecular formula is C23H24N2O2. The minimum Gasteiger partial charge on any atom is -0.308 e. The van der Waals surface area contributed by atoms with E-state index in [0.717, 1.165) is 31.4 Å². The fourth-order valence-electron chi connectivity index (χ4n) is 4.45. The number of carbonyl (C=O) groups excluding carboxylic acids is 2. The summed E-state index contributed by atoms with van der Waals surface area (Å²) in [4.78, 5) is 30.0. The molecule has 27 heavy (non-hydrogen) atoms. The van der Waals surface area contributed by atoms with Crippen LogP contribution in [0.4, 0.5) is 11.4 Å². The number of fused-ring (bicyclic) bond motifs is 1. The van der Waals surface area contributed by atoms with Crippen molar-refractivity contribution in [3.8, 4) is 0 Å². The molecule has 1 fully saturated rings. The Morgan fingerprint density at radius 3 is 2.67 bits per heavy atom. The first kappa shape index (κ1) is 17.7. The first-order chi connectivity index (χ1) is 13.3. The molecule has 1 aliphatic carbocycles. The first-order valence-electron chi connectivity index (χ1n) is 9.89. The lowest BCUT2D eigenvalue weighted by molar-refractivity contribution is 0.0986. The van der Waals surface area contributed by atoms with Gasteiger partial charge in [-0.25, -0.2) is 4.79 Å². The summed E-state index contributed by atoms with van der Waals surface area (Å²) >= 11 is 0. The summed E-state index contributed by atoms with van der Waals surface area (Å²) in [5.74, 6) is 0.408. The van der Waals surface area contributed by atoms with Crippen LogP contribution in [-0.2, 0) is 11.2 Å². The van der Waals surface area contributed by atoms with Gasteiger partial charge >= 0.3 is 0 Å². The van der Waals surface area contributed by atoms with Crippen LogP contribution in [0.25, 0.3) is 0 Å². The van der Waals surface area contributed by atoms with E-state index in [-0.39, 0.29) is 5.91 Å². The molecule has 0 aromatic heterocycles. The van der Waals surface area contributed by atoms with Gasteiger partial charge in [-0.1, -0.05) is 43.5 Å². The molecule has 2 aromatic carbocycles. The summed E-state index contributed by atoms with van der Waals surface area (Å²) in [5, 5.41) is 0. The molecule has 2 aliphatic rings. The highest BCUT2D eigenvalue weighted by Crippen LogP contribution is 2.36. The van der Waals surface area contributed by atoms with Gasteiger partial charge in [-0.2, -0.15) is 4.99 Å². The molecule has 1 amide bonds. The van der Waals surface area contributed by atoms with Crippen molar-refractivity contribution in [2.45, 2.75) is 50.9 Å². The van der Waals surface area contributed by atoms with E-state index in [1.807, 2.05) is 41.3 Å². The zero-order valence-electron chi connectivity index (χ0n) is 15.5. The molecule has 0 unspecified atom stereocenters. The van der Waals surface area contributed by atoms with E-state index in [4.69, 9.17) is 0 Å². The average Bonchev–Trinajstić information content (AvgIpc) is 2.74. The van der Waals surface area contributed by atoms with Gasteiger partial charge in [0.2, 0.25) is 6.08 Å². The molecule has 2 aromatic rings. The van der Waals surface area contributed by atoms with Gasteiger partial charge in [0.1, 0.15) is 0 Å². The minimum atomic E-state index is -0.0913. The maximum atomic E-state index is 13.3. The van der Waals surface area contributed by atoms with Crippen LogP contribution in [0.1, 0.15) is 65.9 Å². The van der Waals surface area contributed by atoms with E-state index >= 15 is 0 Å². The molecule has 0 atom stereocenters. The van der Waals surface area contributed by atoms with Gasteiger partial charge in [-0.15, -0.1) is 0 Å². The van der Waals surface area contributed by atoms with Gasteiger partial charge < -0.3 is 4.90 Å². The van der Waals surface area contributed by atoms with Crippen LogP contribution in [0.3, 0.4) is 0 Å². The van der Waals surface area contributed by atoms with E-state index in [9.17, 15) is 9.59 Å². The molecule has 1 saturated carbocycles. The molecule has 4 rings (SSSR count). The zero-order valence-corrected chi connectivity index (χ0v) is 15.5. The second kappa shape index (κ2) is 7.89. The predicted molar refractivity (Wildman–Crippen MR) is 106 cm³/mol. The monoisotopic (exact) mass is 360 g/mol. The smallest absolute Gasteiger partial charge is 0.260 e. The molecule has 4 heteroatoms. The lowest BCUT2D eigenvalue weighted by Crippen LogP contribution is -2.35. The largest absolute Gasteiger partial charge is 0.308 e. The topological polar surface area (TPSA) is 49.7 Å². The predicted octanol–water partition coefficient (Wildman–Crippen LogP) is 5.29. The fourth-order valence-corrected chi connectivity index (χ4v) is 4.45. The molecule has 0 bridgehead atoms. The van der Waals surface area contributed by atoms with Crippen LogP contribution >= 0.6 is 0 Å². The second-order valence-electron chi connectivity index (χ2n) is 7.50. The number of nitrogens with zero attached hydrogens (tertiary/aromatic N) is 2. The fraction of sp³-hybridized carbons (Fsp3) is 0.391. The standard InChI is InChI=1S/C23H24N2O2/c26-16-24-21-15-19(17-7-2-1-3-8-17)12-13-20(21)23(27)25-14-6-10-18-9-4-5-11-22(18)25/h4-5,9,11-13,15,17H,1-3,6-8,10,14H2. The summed E-state index contributed by atoms with van der Waals surface area (Å²) in [6, 6.07) is 13.8. The van der Waals surface area contributed by atoms with E-state index < -0.39 is 0 Å². The van der Waals surface area contributed by atoms with Gasteiger partial charge in [0.05, 0.1) is 11.3 Å². The number of carbonyl (C=O) groups is 1. The van der Waals surface area contributed by atoms with Crippen LogP contribution in [0, 0.1) is 0 Å². The normalized spacial score (nSPS) is 17.1. The number of hydrogen-bond acceptors (Lipinski definition) is 3. The quantitative estimate of drug-likeness (QED) is 0.551. The van der Waals surface area contributed by atoms with Crippen molar-refractivity contribution < 1.29 is 9.59 Å². The van der Waals surface area contributed by atoms with Gasteiger partial charge in [0.25, 0.3) is 5.91 Å². The third-order valence-electron chi connectivity index (χ3n) is 5.85. The Labute approximate surface area is 159 Å². The molecular weight excluding hydrogens is 336 g/mol.